The number of carbonyl (C=O) groups excluding carboxylic acids is 1. The highest BCUT2D eigenvalue weighted by Crippen LogP contribution is 2.21. The molecular formula is C25H27N3O. The number of anilines is 2. The van der Waals surface area contributed by atoms with Gasteiger partial charge in [-0.25, -0.2) is 0 Å². The molecule has 0 spiro atoms. The van der Waals surface area contributed by atoms with E-state index in [1.54, 1.807) is 0 Å². The van der Waals surface area contributed by atoms with E-state index in [9.17, 15) is 4.79 Å². The van der Waals surface area contributed by atoms with E-state index in [1.165, 1.54) is 22.5 Å². The summed E-state index contributed by atoms with van der Waals surface area (Å²) in [6.45, 7) is 6.00. The average Bonchev–Trinajstić information content (AvgIpc) is 2.79. The van der Waals surface area contributed by atoms with Gasteiger partial charge in [-0.1, -0.05) is 29.8 Å². The Morgan fingerprint density at radius 1 is 0.793 bits per heavy atom. The third-order valence-electron chi connectivity index (χ3n) is 5.62. The molecular weight excluding hydrogens is 358 g/mol. The molecule has 2 heterocycles. The molecule has 4 nitrogen and oxygen atoms in total. The fraction of sp³-hybridized carbons (Fsp3) is 0.280. The highest BCUT2D eigenvalue weighted by atomic mass is 16.1. The lowest BCUT2D eigenvalue weighted by atomic mass is 10.0. The number of benzene rings is 2. The van der Waals surface area contributed by atoms with Crippen LogP contribution in [0.25, 0.3) is 0 Å². The third kappa shape index (κ3) is 4.83. The number of hydrogen-bond donors (Lipinski definition) is 0. The van der Waals surface area contributed by atoms with Crippen LogP contribution < -0.4 is 9.80 Å². The van der Waals surface area contributed by atoms with Gasteiger partial charge in [0.05, 0.1) is 0 Å². The summed E-state index contributed by atoms with van der Waals surface area (Å²) in [4.78, 5) is 21.4. The lowest BCUT2D eigenvalue weighted by Gasteiger charge is -2.37. The van der Waals surface area contributed by atoms with Crippen molar-refractivity contribution in [1.29, 1.82) is 0 Å². The molecule has 2 aromatic carbocycles. The van der Waals surface area contributed by atoms with Gasteiger partial charge in [0, 0.05) is 61.9 Å². The van der Waals surface area contributed by atoms with Crippen LogP contribution in [-0.2, 0) is 6.42 Å². The number of rotatable bonds is 6. The lowest BCUT2D eigenvalue weighted by molar-refractivity contribution is 0.0983. The molecule has 4 rings (SSSR count). The first-order valence-corrected chi connectivity index (χ1v) is 10.3. The van der Waals surface area contributed by atoms with Crippen LogP contribution in [0.5, 0.6) is 0 Å². The second-order valence-corrected chi connectivity index (χ2v) is 7.64. The minimum atomic E-state index is 0.208. The summed E-state index contributed by atoms with van der Waals surface area (Å²) in [5.74, 6) is 0.208. The second kappa shape index (κ2) is 8.91. The molecule has 1 aromatic heterocycles. The molecule has 3 aromatic rings. The van der Waals surface area contributed by atoms with Gasteiger partial charge in [0.1, 0.15) is 0 Å². The Kier molecular flexibility index (Phi) is 5.89. The topological polar surface area (TPSA) is 36.4 Å². The van der Waals surface area contributed by atoms with E-state index < -0.39 is 0 Å². The number of pyridine rings is 1. The molecule has 0 atom stereocenters. The molecule has 0 unspecified atom stereocenters. The first-order valence-electron chi connectivity index (χ1n) is 10.3. The first-order chi connectivity index (χ1) is 14.2. The van der Waals surface area contributed by atoms with Crippen LogP contribution in [0.4, 0.5) is 11.4 Å². The van der Waals surface area contributed by atoms with Crippen LogP contribution in [0.15, 0.2) is 73.1 Å². The van der Waals surface area contributed by atoms with Crippen LogP contribution in [0.2, 0.25) is 0 Å². The van der Waals surface area contributed by atoms with Gasteiger partial charge in [0.25, 0.3) is 0 Å². The highest BCUT2D eigenvalue weighted by molar-refractivity contribution is 5.96. The van der Waals surface area contributed by atoms with Gasteiger partial charge >= 0.3 is 0 Å². The van der Waals surface area contributed by atoms with Crippen molar-refractivity contribution in [2.24, 2.45) is 0 Å². The van der Waals surface area contributed by atoms with Crippen LogP contribution in [0.3, 0.4) is 0 Å². The van der Waals surface area contributed by atoms with Crippen molar-refractivity contribution in [2.75, 3.05) is 36.0 Å². The Morgan fingerprint density at radius 2 is 1.34 bits per heavy atom. The number of ketones is 1. The molecule has 0 amide bonds. The molecule has 0 radical (unpaired) electrons. The van der Waals surface area contributed by atoms with Crippen molar-refractivity contribution < 1.29 is 4.79 Å². The van der Waals surface area contributed by atoms with Gasteiger partial charge in [-0.05, 0) is 55.3 Å². The van der Waals surface area contributed by atoms with Crippen molar-refractivity contribution in [3.63, 3.8) is 0 Å². The third-order valence-corrected chi connectivity index (χ3v) is 5.62. The summed E-state index contributed by atoms with van der Waals surface area (Å²) in [6.07, 6.45) is 5.03. The van der Waals surface area contributed by atoms with Crippen LogP contribution in [0, 0.1) is 6.92 Å². The van der Waals surface area contributed by atoms with Crippen LogP contribution >= 0.6 is 0 Å². The quantitative estimate of drug-likeness (QED) is 0.584. The van der Waals surface area contributed by atoms with Gasteiger partial charge in [0.2, 0.25) is 0 Å². The normalized spacial score (nSPS) is 14.1. The number of carbonyl (C=O) groups is 1. The largest absolute Gasteiger partial charge is 0.368 e. The molecule has 4 heteroatoms. The molecule has 1 aliphatic heterocycles. The van der Waals surface area contributed by atoms with Crippen molar-refractivity contribution in [2.45, 2.75) is 19.8 Å². The summed E-state index contributed by atoms with van der Waals surface area (Å²) in [5.41, 5.74) is 5.69. The maximum Gasteiger partial charge on any atom is 0.163 e. The molecule has 0 aliphatic carbocycles. The minimum absolute atomic E-state index is 0.208. The molecule has 0 saturated carbocycles. The zero-order valence-corrected chi connectivity index (χ0v) is 16.9. The summed E-state index contributed by atoms with van der Waals surface area (Å²) in [7, 11) is 0. The fourth-order valence-corrected chi connectivity index (χ4v) is 3.79. The van der Waals surface area contributed by atoms with E-state index in [0.29, 0.717) is 6.42 Å². The van der Waals surface area contributed by atoms with Gasteiger partial charge in [0.15, 0.2) is 5.78 Å². The molecule has 1 aliphatic rings. The van der Waals surface area contributed by atoms with Crippen molar-refractivity contribution in [3.05, 3.63) is 89.7 Å². The van der Waals surface area contributed by atoms with E-state index >= 15 is 0 Å². The van der Waals surface area contributed by atoms with Crippen LogP contribution in [-0.4, -0.2) is 36.9 Å². The summed E-state index contributed by atoms with van der Waals surface area (Å²) >= 11 is 0. The zero-order chi connectivity index (χ0) is 20.1. The Hall–Kier alpha value is -3.14. The van der Waals surface area contributed by atoms with E-state index in [2.05, 4.69) is 70.2 Å². The Balaban J connectivity index is 1.31. The van der Waals surface area contributed by atoms with E-state index in [0.717, 1.165) is 38.2 Å². The number of aromatic nitrogens is 1. The number of nitrogens with zero attached hydrogens (tertiary/aromatic N) is 3. The van der Waals surface area contributed by atoms with Gasteiger partial charge in [-0.15, -0.1) is 0 Å². The number of aryl methyl sites for hydroxylation is 2. The van der Waals surface area contributed by atoms with E-state index in [-0.39, 0.29) is 5.78 Å². The SMILES string of the molecule is Cc1ccc(CCC(=O)c2ccc(N3CCN(c4ccncc4)CC3)cc2)cc1. The fourth-order valence-electron chi connectivity index (χ4n) is 3.79. The minimum Gasteiger partial charge on any atom is -0.368 e. The predicted octanol–water partition coefficient (Wildman–Crippen LogP) is 4.53. The second-order valence-electron chi connectivity index (χ2n) is 7.64. The molecule has 29 heavy (non-hydrogen) atoms. The van der Waals surface area contributed by atoms with Gasteiger partial charge in [-0.3, -0.25) is 9.78 Å². The molecule has 0 bridgehead atoms. The van der Waals surface area contributed by atoms with Crippen LogP contribution in [0.1, 0.15) is 27.9 Å². The molecule has 1 fully saturated rings. The van der Waals surface area contributed by atoms with E-state index in [4.69, 9.17) is 0 Å². The maximum atomic E-state index is 12.5. The Labute approximate surface area is 172 Å². The average molecular weight is 386 g/mol. The number of piperazine rings is 1. The van der Waals surface area contributed by atoms with Gasteiger partial charge in [-0.2, -0.15) is 0 Å². The molecule has 1 saturated heterocycles. The zero-order valence-electron chi connectivity index (χ0n) is 16.9. The summed E-state index contributed by atoms with van der Waals surface area (Å²) in [6, 6.07) is 20.7. The monoisotopic (exact) mass is 385 g/mol. The van der Waals surface area contributed by atoms with Crippen molar-refractivity contribution >= 4 is 17.2 Å². The number of hydrogen-bond acceptors (Lipinski definition) is 4. The van der Waals surface area contributed by atoms with E-state index in [1.807, 2.05) is 24.5 Å². The standard InChI is InChI=1S/C25H27N3O/c1-20-2-4-21(5-3-20)6-11-25(29)22-7-9-23(10-8-22)27-16-18-28(19-17-27)24-12-14-26-15-13-24/h2-5,7-10,12-15H,6,11,16-19H2,1H3. The highest BCUT2D eigenvalue weighted by Gasteiger charge is 2.17. The summed E-state index contributed by atoms with van der Waals surface area (Å²) < 4.78 is 0. The Bertz CT molecular complexity index is 928. The van der Waals surface area contributed by atoms with Crippen molar-refractivity contribution in [3.8, 4) is 0 Å². The van der Waals surface area contributed by atoms with Crippen molar-refractivity contribution in [1.82, 2.24) is 4.98 Å². The Morgan fingerprint density at radius 3 is 1.93 bits per heavy atom. The molecule has 0 N–H and O–H groups in total. The maximum absolute atomic E-state index is 12.5. The lowest BCUT2D eigenvalue weighted by Crippen LogP contribution is -2.46. The predicted molar refractivity (Wildman–Crippen MR) is 119 cm³/mol. The number of Topliss-reactive ketones (excluding diaryl/α,β-unsaturated/α-hetero) is 1. The smallest absolute Gasteiger partial charge is 0.163 e. The summed E-state index contributed by atoms with van der Waals surface area (Å²) in [5, 5.41) is 0. The van der Waals surface area contributed by atoms with Gasteiger partial charge < -0.3 is 9.80 Å². The first kappa shape index (κ1) is 19.2. The molecule has 148 valence electrons.